The molecule has 82 valence electrons. The van der Waals surface area contributed by atoms with Crippen molar-refractivity contribution in [3.05, 3.63) is 31.7 Å². The Balaban J connectivity index is 0. The van der Waals surface area contributed by atoms with Gasteiger partial charge >= 0.3 is 68.9 Å². The third kappa shape index (κ3) is 8.19. The van der Waals surface area contributed by atoms with E-state index >= 15 is 0 Å². The predicted octanol–water partition coefficient (Wildman–Crippen LogP) is -2.71. The maximum Gasteiger partial charge on any atom is 1.00 e. The minimum atomic E-state index is -0.0995. The molecule has 1 aromatic carbocycles. The summed E-state index contributed by atoms with van der Waals surface area (Å²) in [6.07, 6.45) is 0. The molecule has 0 amide bonds. The molecule has 0 fully saturated rings. The number of methoxy groups -OCH3 is 1. The maximum absolute atomic E-state index is 5.69. The number of nitrogens with two attached hydrogens (primary N) is 1. The average Bonchev–Trinajstić information content (AvgIpc) is 2.17. The van der Waals surface area contributed by atoms with E-state index in [-0.39, 0.29) is 82.4 Å². The van der Waals surface area contributed by atoms with Crippen LogP contribution in [-0.4, -0.2) is 34.2 Å². The number of rotatable bonds is 5. The molecule has 0 aliphatic heterocycles. The van der Waals surface area contributed by atoms with Gasteiger partial charge in [-0.25, -0.2) is 0 Å². The van der Waals surface area contributed by atoms with Crippen LogP contribution in [0.2, 0.25) is 0 Å². The van der Waals surface area contributed by atoms with Crippen molar-refractivity contribution >= 4 is 13.3 Å². The van der Waals surface area contributed by atoms with Crippen molar-refractivity contribution < 1.29 is 78.4 Å². The molecule has 0 saturated carbocycles. The molecule has 3 nitrogen and oxygen atoms in total. The average molecular weight is 339 g/mol. The van der Waals surface area contributed by atoms with Crippen molar-refractivity contribution in [1.29, 1.82) is 0 Å². The topological polar surface area (TPSA) is 44.5 Å². The molecule has 0 heterocycles. The fraction of sp³-hybridized carbons (Fsp3) is 0.364. The summed E-state index contributed by atoms with van der Waals surface area (Å²) < 4.78 is 10.3. The van der Waals surface area contributed by atoms with Gasteiger partial charge in [0, 0.05) is 7.11 Å². The Morgan fingerprint density at radius 1 is 1.25 bits per heavy atom. The Morgan fingerprint density at radius 3 is 2.31 bits per heavy atom. The van der Waals surface area contributed by atoms with Gasteiger partial charge in [0.15, 0.2) is 0 Å². The van der Waals surface area contributed by atoms with Crippen LogP contribution in [0.15, 0.2) is 24.3 Å². The first kappa shape index (κ1) is 19.4. The molecule has 0 aliphatic rings. The van der Waals surface area contributed by atoms with Crippen LogP contribution in [0.4, 0.5) is 0 Å². The molecule has 1 unspecified atom stereocenters. The van der Waals surface area contributed by atoms with Gasteiger partial charge in [0.05, 0.1) is 12.6 Å². The van der Waals surface area contributed by atoms with E-state index in [4.69, 9.17) is 23.1 Å². The van der Waals surface area contributed by atoms with Gasteiger partial charge < -0.3 is 22.6 Å². The van der Waals surface area contributed by atoms with Crippen molar-refractivity contribution in [3.8, 4) is 5.75 Å². The molecule has 1 aromatic rings. The zero-order chi connectivity index (χ0) is 10.4. The molecule has 5 heteroatoms. The number of hydrogen-bond acceptors (Lipinski definition) is 3. The van der Waals surface area contributed by atoms with Crippen molar-refractivity contribution in [3.63, 3.8) is 0 Å². The van der Waals surface area contributed by atoms with Crippen molar-refractivity contribution in [2.45, 2.75) is 6.04 Å². The summed E-state index contributed by atoms with van der Waals surface area (Å²) in [6, 6.07) is 7.11. The summed E-state index contributed by atoms with van der Waals surface area (Å²) in [6.45, 7) is 0.937. The maximum atomic E-state index is 5.69. The number of hydrogen-bond donors (Lipinski definition) is 1. The van der Waals surface area contributed by atoms with Crippen molar-refractivity contribution in [2.24, 2.45) is 5.73 Å². The second-order valence-corrected chi connectivity index (χ2v) is 3.10. The molecule has 0 spiro atoms. The van der Waals surface area contributed by atoms with E-state index in [2.05, 4.69) is 0 Å². The third-order valence-corrected chi connectivity index (χ3v) is 1.72. The molecule has 0 saturated heterocycles. The van der Waals surface area contributed by atoms with E-state index in [0.29, 0.717) is 13.2 Å². The first-order valence-corrected chi connectivity index (χ1v) is 4.45. The molecule has 1 atom stereocenters. The minimum absolute atomic E-state index is 0. The van der Waals surface area contributed by atoms with Gasteiger partial charge in [-0.3, -0.25) is 0 Å². The molecule has 0 aromatic heterocycles. The summed E-state index contributed by atoms with van der Waals surface area (Å²) in [4.78, 5) is 0. The first-order valence-electron chi connectivity index (χ1n) is 4.45. The Bertz CT molecular complexity index is 269. The van der Waals surface area contributed by atoms with E-state index in [0.717, 1.165) is 11.2 Å². The molecular formula is C11H17BCsNO2. The van der Waals surface area contributed by atoms with Crippen LogP contribution in [0.25, 0.3) is 0 Å². The predicted molar refractivity (Wildman–Crippen MR) is 63.6 cm³/mol. The van der Waals surface area contributed by atoms with Gasteiger partial charge in [0.25, 0.3) is 0 Å². The van der Waals surface area contributed by atoms with Crippen LogP contribution < -0.4 is 84.8 Å². The van der Waals surface area contributed by atoms with Gasteiger partial charge in [-0.15, -0.1) is 0 Å². The summed E-state index contributed by atoms with van der Waals surface area (Å²) in [5, 5.41) is 0. The van der Waals surface area contributed by atoms with Crippen LogP contribution >= 0.6 is 0 Å². The van der Waals surface area contributed by atoms with Gasteiger partial charge in [0.1, 0.15) is 20.2 Å². The molecule has 16 heavy (non-hydrogen) atoms. The molecule has 2 N–H and O–H groups in total. The summed E-state index contributed by atoms with van der Waals surface area (Å²) in [5.74, 6) is 0.769. The van der Waals surface area contributed by atoms with Crippen molar-refractivity contribution in [1.82, 2.24) is 0 Å². The van der Waals surface area contributed by atoms with E-state index in [1.165, 1.54) is 0 Å². The van der Waals surface area contributed by atoms with Crippen LogP contribution in [0.1, 0.15) is 0 Å². The largest absolute Gasteiger partial charge is 1.00 e. The fourth-order valence-corrected chi connectivity index (χ4v) is 1.03. The Morgan fingerprint density at radius 2 is 1.81 bits per heavy atom. The van der Waals surface area contributed by atoms with E-state index in [9.17, 15) is 0 Å². The Hall–Kier alpha value is 1.06. The quantitative estimate of drug-likeness (QED) is 0.469. The summed E-state index contributed by atoms with van der Waals surface area (Å²) in [7, 11) is 7.14. The Labute approximate surface area is 158 Å². The van der Waals surface area contributed by atoms with Crippen LogP contribution in [-0.2, 0) is 4.74 Å². The van der Waals surface area contributed by atoms with E-state index in [1.54, 1.807) is 19.2 Å². The fourth-order valence-electron chi connectivity index (χ4n) is 1.03. The molecule has 2 radical (unpaired) electrons. The second kappa shape index (κ2) is 11.2. The van der Waals surface area contributed by atoms with Crippen LogP contribution in [0.5, 0.6) is 5.75 Å². The minimum Gasteiger partial charge on any atom is -0.492 e. The zero-order valence-electron chi connectivity index (χ0n) is 10.3. The SMILES string of the molecule is [B]c1ccc(OCC(N)COC)cc1.[CH3-].[Cs+]. The summed E-state index contributed by atoms with van der Waals surface area (Å²) in [5.41, 5.74) is 6.41. The number of ether oxygens (including phenoxy) is 2. The zero-order valence-corrected chi connectivity index (χ0v) is 16.6. The summed E-state index contributed by atoms with van der Waals surface area (Å²) >= 11 is 0. The monoisotopic (exact) mass is 339 g/mol. The van der Waals surface area contributed by atoms with Crippen LogP contribution in [0.3, 0.4) is 0 Å². The van der Waals surface area contributed by atoms with Gasteiger partial charge in [-0.2, -0.15) is 0 Å². The third-order valence-electron chi connectivity index (χ3n) is 1.72. The molecule has 1 rings (SSSR count). The van der Waals surface area contributed by atoms with E-state index < -0.39 is 0 Å². The second-order valence-electron chi connectivity index (χ2n) is 3.10. The molecular weight excluding hydrogens is 322 g/mol. The molecule has 0 aliphatic carbocycles. The molecule has 0 bridgehead atoms. The Kier molecular flexibility index (Phi) is 13.5. The first-order chi connectivity index (χ1) is 6.72. The van der Waals surface area contributed by atoms with Crippen LogP contribution in [0, 0.1) is 7.43 Å². The standard InChI is InChI=1S/C10H14BNO2.CH3.Cs/c1-13-6-9(12)7-14-10-4-2-8(11)3-5-10;;/h2-5,9H,6-7,12H2,1H3;1H3;/q;-1;+1. The smallest absolute Gasteiger partial charge is 0.492 e. The number of benzene rings is 1. The van der Waals surface area contributed by atoms with Gasteiger partial charge in [0.2, 0.25) is 0 Å². The van der Waals surface area contributed by atoms with Gasteiger partial charge in [-0.05, 0) is 12.1 Å². The van der Waals surface area contributed by atoms with Crippen molar-refractivity contribution in [2.75, 3.05) is 20.3 Å². The van der Waals surface area contributed by atoms with Gasteiger partial charge in [-0.1, -0.05) is 17.6 Å². The normalized spacial score (nSPS) is 10.9. The van der Waals surface area contributed by atoms with E-state index in [1.807, 2.05) is 12.1 Å².